The molecule has 306 valence electrons. The van der Waals surface area contributed by atoms with Crippen molar-refractivity contribution in [2.24, 2.45) is 5.41 Å². The van der Waals surface area contributed by atoms with Gasteiger partial charge in [-0.1, -0.05) is 63.2 Å². The van der Waals surface area contributed by atoms with Gasteiger partial charge in [-0.3, -0.25) is 14.4 Å². The second kappa shape index (κ2) is 18.9. The Kier molecular flexibility index (Phi) is 13.8. The summed E-state index contributed by atoms with van der Waals surface area (Å²) < 4.78 is 11.7. The van der Waals surface area contributed by atoms with Crippen LogP contribution in [-0.2, 0) is 25.7 Å². The number of aliphatic hydroxyl groups excluding tert-OH is 1. The third kappa shape index (κ3) is 10.8. The van der Waals surface area contributed by atoms with E-state index in [1.807, 2.05) is 95.8 Å². The molecule has 3 heterocycles. The minimum absolute atomic E-state index is 0.00424. The maximum Gasteiger partial charge on any atom is 0.246 e. The molecule has 3 aromatic carbocycles. The summed E-state index contributed by atoms with van der Waals surface area (Å²) in [7, 11) is 4.04. The number of unbranched alkanes of at least 4 members (excludes halogenated alkanes) is 1. The molecule has 3 amide bonds. The molecule has 0 aliphatic carbocycles. The number of carbonyl (C=O) groups is 3. The molecular weight excluding hydrogens is 753 g/mol. The van der Waals surface area contributed by atoms with Gasteiger partial charge in [0.1, 0.15) is 24.4 Å². The number of rotatable bonds is 16. The number of thiazole rings is 1. The number of pyridine rings is 1. The minimum Gasteiger partial charge on any atom is -0.494 e. The van der Waals surface area contributed by atoms with E-state index >= 15 is 0 Å². The molecule has 1 aliphatic rings. The third-order valence-corrected chi connectivity index (χ3v) is 11.2. The van der Waals surface area contributed by atoms with E-state index < -0.39 is 35.4 Å². The van der Waals surface area contributed by atoms with Crippen LogP contribution >= 0.6 is 11.3 Å². The Hall–Kier alpha value is -5.37. The first-order chi connectivity index (χ1) is 27.8. The molecule has 0 unspecified atom stereocenters. The number of carbonyl (C=O) groups excluding carboxylic acids is 3. The second-order valence-electron chi connectivity index (χ2n) is 16.0. The van der Waals surface area contributed by atoms with Gasteiger partial charge in [0.05, 0.1) is 40.0 Å². The van der Waals surface area contributed by atoms with E-state index in [0.717, 1.165) is 61.7 Å². The van der Waals surface area contributed by atoms with Crippen molar-refractivity contribution in [3.63, 3.8) is 0 Å². The van der Waals surface area contributed by atoms with Crippen LogP contribution in [0.25, 0.3) is 32.6 Å². The minimum atomic E-state index is -0.932. The molecule has 5 aromatic rings. The van der Waals surface area contributed by atoms with Gasteiger partial charge in [-0.25, -0.2) is 9.97 Å². The first kappa shape index (κ1) is 42.2. The number of ether oxygens (including phenoxy) is 2. The molecule has 6 rings (SSSR count). The highest BCUT2D eigenvalue weighted by Gasteiger charge is 2.44. The first-order valence-electron chi connectivity index (χ1n) is 19.7. The van der Waals surface area contributed by atoms with Crippen molar-refractivity contribution in [1.82, 2.24) is 25.5 Å². The lowest BCUT2D eigenvalue weighted by Crippen LogP contribution is -2.58. The number of β-amino-alcohol motifs (C(OH)–C–C–N with tert-alkyl or cyclic N) is 1. The number of aryl methyl sites for hydroxylation is 1. The van der Waals surface area contributed by atoms with Gasteiger partial charge in [0, 0.05) is 56.8 Å². The van der Waals surface area contributed by atoms with Crippen LogP contribution in [-0.4, -0.2) is 96.3 Å². The van der Waals surface area contributed by atoms with E-state index in [4.69, 9.17) is 14.5 Å². The number of nitrogens with one attached hydrogen (secondary N) is 2. The van der Waals surface area contributed by atoms with Crippen LogP contribution in [0.4, 0.5) is 5.69 Å². The lowest BCUT2D eigenvalue weighted by atomic mass is 9.85. The molecule has 2 aromatic heterocycles. The Morgan fingerprint density at radius 1 is 0.966 bits per heavy atom. The number of fused-ring (bicyclic) bond motifs is 1. The largest absolute Gasteiger partial charge is 0.494 e. The standard InChI is InChI=1S/C45H54N6O6S/c1-29-41(58-28-47-29)32-11-9-30(10-12-32)25-46-43(54)39-24-35(52)26-51(39)44(55)42(45(2,3)4)49-40(53)27-56-21-7-8-22-57-36-18-20-38-33(23-36)15-19-37(48-38)31-13-16-34(17-14-31)50(5)6/h9-20,23,28,35,39,42,52H,7-8,21-22,24-27H2,1-6H3,(H,46,54)(H,49,53)/t35-,39+,42-/m1/s1. The Balaban J connectivity index is 0.926. The third-order valence-electron chi connectivity index (χ3n) is 10.2. The summed E-state index contributed by atoms with van der Waals surface area (Å²) in [6.45, 7) is 8.42. The van der Waals surface area contributed by atoms with E-state index in [1.54, 1.807) is 11.3 Å². The summed E-state index contributed by atoms with van der Waals surface area (Å²) in [6, 6.07) is 24.4. The van der Waals surface area contributed by atoms with Crippen molar-refractivity contribution < 1.29 is 29.0 Å². The van der Waals surface area contributed by atoms with E-state index in [0.29, 0.717) is 19.6 Å². The zero-order valence-electron chi connectivity index (χ0n) is 34.2. The van der Waals surface area contributed by atoms with E-state index in [-0.39, 0.29) is 32.0 Å². The number of hydrogen-bond donors (Lipinski definition) is 3. The molecule has 13 heteroatoms. The Bertz CT molecular complexity index is 2180. The lowest BCUT2D eigenvalue weighted by molar-refractivity contribution is -0.144. The van der Waals surface area contributed by atoms with Crippen LogP contribution in [0.5, 0.6) is 5.75 Å². The highest BCUT2D eigenvalue weighted by Crippen LogP contribution is 2.29. The predicted octanol–water partition coefficient (Wildman–Crippen LogP) is 6.38. The van der Waals surface area contributed by atoms with Crippen molar-refractivity contribution in [2.75, 3.05) is 45.4 Å². The van der Waals surface area contributed by atoms with Gasteiger partial charge >= 0.3 is 0 Å². The van der Waals surface area contributed by atoms with Crippen LogP contribution in [0.2, 0.25) is 0 Å². The van der Waals surface area contributed by atoms with Crippen LogP contribution in [0, 0.1) is 12.3 Å². The zero-order chi connectivity index (χ0) is 41.4. The average Bonchev–Trinajstić information content (AvgIpc) is 3.83. The molecule has 1 fully saturated rings. The number of amides is 3. The molecule has 0 spiro atoms. The Morgan fingerprint density at radius 3 is 2.38 bits per heavy atom. The molecular formula is C45H54N6O6S. The topological polar surface area (TPSA) is 146 Å². The number of hydrogen-bond acceptors (Lipinski definition) is 10. The Labute approximate surface area is 344 Å². The van der Waals surface area contributed by atoms with Gasteiger partial charge in [0.15, 0.2) is 0 Å². The number of nitrogens with zero attached hydrogens (tertiary/aromatic N) is 4. The van der Waals surface area contributed by atoms with E-state index in [1.165, 1.54) is 4.90 Å². The SMILES string of the molecule is Cc1ncsc1-c1ccc(CNC(=O)[C@@H]2C[C@@H](O)CN2C(=O)[C@@H](NC(=O)COCCCCOc2ccc3nc(-c4ccc(N(C)C)cc4)ccc3c2)C(C)(C)C)cc1. The highest BCUT2D eigenvalue weighted by atomic mass is 32.1. The van der Waals surface area contributed by atoms with Gasteiger partial charge in [-0.2, -0.15) is 0 Å². The summed E-state index contributed by atoms with van der Waals surface area (Å²) in [6.07, 6.45) is 0.666. The molecule has 1 saturated heterocycles. The van der Waals surface area contributed by atoms with Crippen LogP contribution in [0.1, 0.15) is 51.3 Å². The monoisotopic (exact) mass is 806 g/mol. The number of benzene rings is 3. The summed E-state index contributed by atoms with van der Waals surface area (Å²) in [5.41, 5.74) is 8.09. The molecule has 0 radical (unpaired) electrons. The summed E-state index contributed by atoms with van der Waals surface area (Å²) in [5, 5.41) is 17.3. The number of aliphatic hydroxyl groups is 1. The fraction of sp³-hybridized carbons (Fsp3) is 0.400. The summed E-state index contributed by atoms with van der Waals surface area (Å²) in [5.74, 6) is -0.444. The average molecular weight is 807 g/mol. The quantitative estimate of drug-likeness (QED) is 0.0967. The van der Waals surface area contributed by atoms with Crippen molar-refractivity contribution in [1.29, 1.82) is 0 Å². The van der Waals surface area contributed by atoms with Gasteiger partial charge in [-0.05, 0) is 72.7 Å². The second-order valence-corrected chi connectivity index (χ2v) is 16.9. The number of likely N-dealkylation sites (tertiary alicyclic amines) is 1. The van der Waals surface area contributed by atoms with Gasteiger partial charge in [0.25, 0.3) is 0 Å². The van der Waals surface area contributed by atoms with Crippen LogP contribution in [0.15, 0.2) is 84.4 Å². The van der Waals surface area contributed by atoms with Gasteiger partial charge in [0.2, 0.25) is 17.7 Å². The normalized spacial score (nSPS) is 15.9. The highest BCUT2D eigenvalue weighted by molar-refractivity contribution is 7.13. The molecule has 0 bridgehead atoms. The fourth-order valence-corrected chi connectivity index (χ4v) is 7.74. The summed E-state index contributed by atoms with van der Waals surface area (Å²) in [4.78, 5) is 54.1. The molecule has 3 N–H and O–H groups in total. The molecule has 0 saturated carbocycles. The predicted molar refractivity (Wildman–Crippen MR) is 229 cm³/mol. The zero-order valence-corrected chi connectivity index (χ0v) is 35.0. The smallest absolute Gasteiger partial charge is 0.246 e. The van der Waals surface area contributed by atoms with Crippen molar-refractivity contribution in [3.8, 4) is 27.4 Å². The molecule has 3 atom stereocenters. The number of aromatic nitrogens is 2. The maximum atomic E-state index is 13.9. The molecule has 58 heavy (non-hydrogen) atoms. The van der Waals surface area contributed by atoms with Crippen molar-refractivity contribution in [2.45, 2.75) is 71.7 Å². The van der Waals surface area contributed by atoms with E-state index in [2.05, 4.69) is 50.8 Å². The van der Waals surface area contributed by atoms with Gasteiger partial charge in [-0.15, -0.1) is 11.3 Å². The van der Waals surface area contributed by atoms with Crippen LogP contribution < -0.4 is 20.3 Å². The van der Waals surface area contributed by atoms with E-state index in [9.17, 15) is 19.5 Å². The van der Waals surface area contributed by atoms with Crippen molar-refractivity contribution in [3.05, 3.63) is 95.6 Å². The van der Waals surface area contributed by atoms with Crippen molar-refractivity contribution >= 4 is 45.6 Å². The van der Waals surface area contributed by atoms with Gasteiger partial charge < -0.3 is 35.0 Å². The lowest BCUT2D eigenvalue weighted by Gasteiger charge is -2.35. The first-order valence-corrected chi connectivity index (χ1v) is 20.6. The fourth-order valence-electron chi connectivity index (χ4n) is 6.93. The Morgan fingerprint density at radius 2 is 1.69 bits per heavy atom. The number of anilines is 1. The molecule has 1 aliphatic heterocycles. The maximum absolute atomic E-state index is 13.9. The molecule has 12 nitrogen and oxygen atoms in total. The van der Waals surface area contributed by atoms with Crippen LogP contribution in [0.3, 0.4) is 0 Å². The summed E-state index contributed by atoms with van der Waals surface area (Å²) >= 11 is 1.58.